The molecule has 0 amide bonds. The molecule has 0 bridgehead atoms. The predicted octanol–water partition coefficient (Wildman–Crippen LogP) is 9.91. The van der Waals surface area contributed by atoms with Crippen LogP contribution in [0.15, 0.2) is 158 Å². The molecule has 4 aromatic heterocycles. The first-order chi connectivity index (χ1) is 21.8. The van der Waals surface area contributed by atoms with Crippen LogP contribution in [0, 0.1) is 0 Å². The second-order valence-electron chi connectivity index (χ2n) is 10.8. The molecule has 0 fully saturated rings. The van der Waals surface area contributed by atoms with Crippen LogP contribution in [0.5, 0.6) is 0 Å². The molecule has 0 atom stereocenters. The van der Waals surface area contributed by atoms with E-state index in [0.29, 0.717) is 0 Å². The largest absolute Gasteiger partial charge is 0.265 e. The van der Waals surface area contributed by atoms with Crippen molar-refractivity contribution in [2.24, 2.45) is 0 Å². The van der Waals surface area contributed by atoms with Crippen LogP contribution in [-0.4, -0.2) is 19.9 Å². The first-order valence-electron chi connectivity index (χ1n) is 14.6. The summed E-state index contributed by atoms with van der Waals surface area (Å²) in [4.78, 5) is 18.1. The van der Waals surface area contributed by atoms with Crippen LogP contribution in [-0.2, 0) is 0 Å². The molecule has 206 valence electrons. The van der Waals surface area contributed by atoms with E-state index in [-0.39, 0.29) is 0 Å². The van der Waals surface area contributed by atoms with Gasteiger partial charge in [-0.2, -0.15) is 0 Å². The van der Waals surface area contributed by atoms with E-state index in [0.717, 1.165) is 50.1 Å². The Morgan fingerprint density at radius 1 is 0.364 bits per heavy atom. The van der Waals surface area contributed by atoms with Gasteiger partial charge in [0, 0.05) is 52.9 Å². The van der Waals surface area contributed by atoms with Gasteiger partial charge in [0.15, 0.2) is 0 Å². The van der Waals surface area contributed by atoms with Crippen molar-refractivity contribution in [3.63, 3.8) is 0 Å². The van der Waals surface area contributed by atoms with Gasteiger partial charge in [-0.05, 0) is 81.2 Å². The maximum atomic E-state index is 4.97. The summed E-state index contributed by atoms with van der Waals surface area (Å²) in [7, 11) is 0. The zero-order valence-corrected chi connectivity index (χ0v) is 23.8. The summed E-state index contributed by atoms with van der Waals surface area (Å²) in [6, 6.07) is 44.7. The molecule has 0 spiro atoms. The van der Waals surface area contributed by atoms with E-state index in [1.807, 2.05) is 30.5 Å². The highest BCUT2D eigenvalue weighted by molar-refractivity contribution is 6.06. The molecule has 44 heavy (non-hydrogen) atoms. The Labute approximate surface area is 255 Å². The third-order valence-electron chi connectivity index (χ3n) is 8.14. The Morgan fingerprint density at radius 2 is 0.864 bits per heavy atom. The van der Waals surface area contributed by atoms with Crippen LogP contribution in [0.4, 0.5) is 0 Å². The van der Waals surface area contributed by atoms with Crippen LogP contribution in [0.25, 0.3) is 77.6 Å². The molecule has 0 aliphatic heterocycles. The predicted molar refractivity (Wildman–Crippen MR) is 180 cm³/mol. The number of benzene rings is 4. The zero-order valence-electron chi connectivity index (χ0n) is 23.8. The van der Waals surface area contributed by atoms with Crippen molar-refractivity contribution in [2.75, 3.05) is 0 Å². The van der Waals surface area contributed by atoms with E-state index in [9.17, 15) is 0 Å². The number of hydrogen-bond donors (Lipinski definition) is 0. The molecule has 8 aromatic rings. The Kier molecular flexibility index (Phi) is 6.43. The van der Waals surface area contributed by atoms with Crippen molar-refractivity contribution >= 4 is 21.7 Å². The maximum Gasteiger partial charge on any atom is 0.0716 e. The standard InChI is InChI=1S/C40H26N4/c1-2-4-36-34(3-1)26-43-40-23-33(13-14-37(36)40)29-9-5-27(6-10-29)28-7-11-30(12-8-28)35-24-38(31-15-19-41-20-16-31)44-39(25-35)32-17-21-42-22-18-32/h1-26H. The molecule has 0 saturated heterocycles. The molecule has 4 heteroatoms. The molecule has 4 heterocycles. The van der Waals surface area contributed by atoms with Gasteiger partial charge in [0.2, 0.25) is 0 Å². The quantitative estimate of drug-likeness (QED) is 0.196. The number of nitrogens with zero attached hydrogens (tertiary/aromatic N) is 4. The molecule has 0 N–H and O–H groups in total. The first-order valence-corrected chi connectivity index (χ1v) is 14.6. The lowest BCUT2D eigenvalue weighted by atomic mass is 9.96. The fraction of sp³-hybridized carbons (Fsp3) is 0. The van der Waals surface area contributed by atoms with E-state index in [4.69, 9.17) is 9.97 Å². The van der Waals surface area contributed by atoms with E-state index in [1.54, 1.807) is 24.8 Å². The number of aromatic nitrogens is 4. The van der Waals surface area contributed by atoms with Crippen molar-refractivity contribution < 1.29 is 0 Å². The fourth-order valence-corrected chi connectivity index (χ4v) is 5.79. The highest BCUT2D eigenvalue weighted by Crippen LogP contribution is 2.33. The van der Waals surface area contributed by atoms with Gasteiger partial charge in [-0.15, -0.1) is 0 Å². The number of hydrogen-bond acceptors (Lipinski definition) is 4. The average molecular weight is 563 g/mol. The van der Waals surface area contributed by atoms with Crippen molar-refractivity contribution in [1.82, 2.24) is 19.9 Å². The van der Waals surface area contributed by atoms with Crippen molar-refractivity contribution in [3.8, 4) is 55.9 Å². The van der Waals surface area contributed by atoms with Gasteiger partial charge < -0.3 is 0 Å². The second kappa shape index (κ2) is 11.0. The summed E-state index contributed by atoms with van der Waals surface area (Å²) < 4.78 is 0. The monoisotopic (exact) mass is 562 g/mol. The minimum atomic E-state index is 0.911. The second-order valence-corrected chi connectivity index (χ2v) is 10.8. The van der Waals surface area contributed by atoms with Crippen LogP contribution >= 0.6 is 0 Å². The van der Waals surface area contributed by atoms with E-state index >= 15 is 0 Å². The summed E-state index contributed by atoms with van der Waals surface area (Å²) >= 11 is 0. The van der Waals surface area contributed by atoms with Gasteiger partial charge in [-0.3, -0.25) is 15.0 Å². The van der Waals surface area contributed by atoms with Crippen molar-refractivity contribution in [2.45, 2.75) is 0 Å². The minimum absolute atomic E-state index is 0.911. The van der Waals surface area contributed by atoms with E-state index in [1.165, 1.54) is 27.5 Å². The molecule has 0 aliphatic carbocycles. The molecular weight excluding hydrogens is 536 g/mol. The smallest absolute Gasteiger partial charge is 0.0716 e. The third-order valence-corrected chi connectivity index (χ3v) is 8.14. The van der Waals surface area contributed by atoms with Gasteiger partial charge in [0.1, 0.15) is 0 Å². The number of fused-ring (bicyclic) bond motifs is 3. The van der Waals surface area contributed by atoms with Gasteiger partial charge in [-0.25, -0.2) is 4.98 Å². The fourth-order valence-electron chi connectivity index (χ4n) is 5.79. The van der Waals surface area contributed by atoms with Crippen molar-refractivity contribution in [1.29, 1.82) is 0 Å². The minimum Gasteiger partial charge on any atom is -0.265 e. The number of rotatable bonds is 5. The summed E-state index contributed by atoms with van der Waals surface area (Å²) in [5.41, 5.74) is 11.8. The Hall–Kier alpha value is -6.00. The lowest BCUT2D eigenvalue weighted by molar-refractivity contribution is 1.27. The normalized spacial score (nSPS) is 11.2. The maximum absolute atomic E-state index is 4.97. The molecule has 0 saturated carbocycles. The van der Waals surface area contributed by atoms with Crippen molar-refractivity contribution in [3.05, 3.63) is 158 Å². The van der Waals surface area contributed by atoms with Crippen LogP contribution < -0.4 is 0 Å². The number of pyridine rings is 4. The molecule has 0 aliphatic rings. The Balaban J connectivity index is 1.09. The molecule has 8 rings (SSSR count). The van der Waals surface area contributed by atoms with Gasteiger partial charge >= 0.3 is 0 Å². The Morgan fingerprint density at radius 3 is 1.45 bits per heavy atom. The van der Waals surface area contributed by atoms with E-state index in [2.05, 4.69) is 113 Å². The zero-order chi connectivity index (χ0) is 29.3. The first kappa shape index (κ1) is 25.7. The van der Waals surface area contributed by atoms with E-state index < -0.39 is 0 Å². The third kappa shape index (κ3) is 4.89. The lowest BCUT2D eigenvalue weighted by Crippen LogP contribution is -1.91. The summed E-state index contributed by atoms with van der Waals surface area (Å²) in [5.74, 6) is 0. The SMILES string of the molecule is c1ccc2c(c1)cnc1cc(-c3ccc(-c4ccc(-c5cc(-c6ccncc6)nc(-c6ccncc6)c5)cc4)cc3)ccc12. The molecule has 0 unspecified atom stereocenters. The van der Waals surface area contributed by atoms with Gasteiger partial charge in [0.05, 0.1) is 16.9 Å². The molecule has 4 aromatic carbocycles. The summed E-state index contributed by atoms with van der Waals surface area (Å²) in [6.07, 6.45) is 9.16. The summed E-state index contributed by atoms with van der Waals surface area (Å²) in [6.45, 7) is 0. The lowest BCUT2D eigenvalue weighted by Gasteiger charge is -2.11. The van der Waals surface area contributed by atoms with Crippen LogP contribution in [0.2, 0.25) is 0 Å². The molecule has 0 radical (unpaired) electrons. The molecule has 4 nitrogen and oxygen atoms in total. The van der Waals surface area contributed by atoms with Gasteiger partial charge in [-0.1, -0.05) is 84.9 Å². The van der Waals surface area contributed by atoms with Gasteiger partial charge in [0.25, 0.3) is 0 Å². The average Bonchev–Trinajstić information content (AvgIpc) is 3.12. The summed E-state index contributed by atoms with van der Waals surface area (Å²) in [5, 5.41) is 3.57. The topological polar surface area (TPSA) is 51.6 Å². The van der Waals surface area contributed by atoms with Crippen LogP contribution in [0.1, 0.15) is 0 Å². The highest BCUT2D eigenvalue weighted by Gasteiger charge is 2.10. The molecular formula is C40H26N4. The Bertz CT molecular complexity index is 2190. The van der Waals surface area contributed by atoms with Crippen LogP contribution in [0.3, 0.4) is 0 Å². The highest BCUT2D eigenvalue weighted by atomic mass is 14.7.